The van der Waals surface area contributed by atoms with E-state index in [9.17, 15) is 5.11 Å². The fourth-order valence-electron chi connectivity index (χ4n) is 1.97. The summed E-state index contributed by atoms with van der Waals surface area (Å²) in [5.41, 5.74) is 1.10. The largest absolute Gasteiger partial charge is 0.491 e. The molecule has 4 heteroatoms. The van der Waals surface area contributed by atoms with Crippen LogP contribution in [0.2, 0.25) is 5.02 Å². The molecule has 0 fully saturated rings. The summed E-state index contributed by atoms with van der Waals surface area (Å²) in [6, 6.07) is 17.3. The maximum Gasteiger partial charge on any atom is 0.119 e. The predicted molar refractivity (Wildman–Crippen MR) is 85.8 cm³/mol. The molecule has 0 aromatic heterocycles. The Morgan fingerprint density at radius 3 is 2.62 bits per heavy atom. The first-order valence-electron chi connectivity index (χ1n) is 7.00. The van der Waals surface area contributed by atoms with Crippen LogP contribution in [0.4, 0.5) is 0 Å². The second-order valence-electron chi connectivity index (χ2n) is 4.96. The van der Waals surface area contributed by atoms with Gasteiger partial charge in [-0.05, 0) is 36.8 Å². The number of ether oxygens (including phenoxy) is 1. The van der Waals surface area contributed by atoms with Gasteiger partial charge >= 0.3 is 0 Å². The van der Waals surface area contributed by atoms with Gasteiger partial charge in [-0.1, -0.05) is 41.9 Å². The first-order valence-corrected chi connectivity index (χ1v) is 7.37. The quantitative estimate of drug-likeness (QED) is 0.823. The smallest absolute Gasteiger partial charge is 0.119 e. The molecule has 0 saturated carbocycles. The molecule has 0 heterocycles. The van der Waals surface area contributed by atoms with Gasteiger partial charge in [0.1, 0.15) is 18.5 Å². The zero-order chi connectivity index (χ0) is 15.1. The van der Waals surface area contributed by atoms with Crippen LogP contribution in [0.1, 0.15) is 18.5 Å². The van der Waals surface area contributed by atoms with E-state index in [0.717, 1.165) is 11.3 Å². The minimum atomic E-state index is -0.563. The van der Waals surface area contributed by atoms with Crippen molar-refractivity contribution in [2.24, 2.45) is 0 Å². The molecular weight excluding hydrogens is 286 g/mol. The summed E-state index contributed by atoms with van der Waals surface area (Å²) in [4.78, 5) is 0. The zero-order valence-electron chi connectivity index (χ0n) is 12.0. The number of nitrogens with one attached hydrogen (secondary N) is 1. The van der Waals surface area contributed by atoms with Gasteiger partial charge in [0.25, 0.3) is 0 Å². The zero-order valence-corrected chi connectivity index (χ0v) is 12.8. The van der Waals surface area contributed by atoms with E-state index in [1.165, 1.54) is 0 Å². The number of aliphatic hydroxyl groups excluding tert-OH is 1. The Balaban J connectivity index is 1.74. The highest BCUT2D eigenvalue weighted by atomic mass is 35.5. The summed E-state index contributed by atoms with van der Waals surface area (Å²) in [7, 11) is 0. The van der Waals surface area contributed by atoms with Gasteiger partial charge in [0.2, 0.25) is 0 Å². The second-order valence-corrected chi connectivity index (χ2v) is 5.40. The third-order valence-corrected chi connectivity index (χ3v) is 3.43. The van der Waals surface area contributed by atoms with E-state index in [1.807, 2.05) is 61.5 Å². The summed E-state index contributed by atoms with van der Waals surface area (Å²) >= 11 is 5.97. The molecule has 0 aliphatic heterocycles. The maximum absolute atomic E-state index is 9.95. The van der Waals surface area contributed by atoms with Crippen molar-refractivity contribution < 1.29 is 9.84 Å². The van der Waals surface area contributed by atoms with Crippen LogP contribution in [0, 0.1) is 0 Å². The van der Waals surface area contributed by atoms with Gasteiger partial charge in [-0.3, -0.25) is 0 Å². The lowest BCUT2D eigenvalue weighted by Gasteiger charge is -2.18. The molecule has 0 aliphatic carbocycles. The molecule has 0 radical (unpaired) electrons. The number of hydrogen-bond donors (Lipinski definition) is 2. The Hall–Kier alpha value is -1.55. The molecule has 2 rings (SSSR count). The molecule has 2 atom stereocenters. The third kappa shape index (κ3) is 5.38. The summed E-state index contributed by atoms with van der Waals surface area (Å²) < 4.78 is 5.51. The van der Waals surface area contributed by atoms with Gasteiger partial charge in [-0.2, -0.15) is 0 Å². The Labute approximate surface area is 130 Å². The van der Waals surface area contributed by atoms with Gasteiger partial charge in [0.15, 0.2) is 0 Å². The molecule has 3 nitrogen and oxygen atoms in total. The number of benzene rings is 2. The van der Waals surface area contributed by atoms with Crippen molar-refractivity contribution in [1.29, 1.82) is 0 Å². The van der Waals surface area contributed by atoms with Crippen molar-refractivity contribution in [3.05, 3.63) is 65.2 Å². The number of rotatable bonds is 7. The third-order valence-electron chi connectivity index (χ3n) is 3.19. The molecule has 112 valence electrons. The Morgan fingerprint density at radius 2 is 1.90 bits per heavy atom. The van der Waals surface area contributed by atoms with Crippen LogP contribution in [0.3, 0.4) is 0 Å². The number of aliphatic hydroxyl groups is 1. The molecule has 2 N–H and O–H groups in total. The van der Waals surface area contributed by atoms with E-state index >= 15 is 0 Å². The van der Waals surface area contributed by atoms with E-state index in [4.69, 9.17) is 16.3 Å². The second kappa shape index (κ2) is 8.03. The number of halogens is 1. The molecule has 0 amide bonds. The number of para-hydroxylation sites is 1. The average Bonchev–Trinajstić information content (AvgIpc) is 2.51. The lowest BCUT2D eigenvalue weighted by Crippen LogP contribution is -2.33. The molecule has 0 saturated heterocycles. The highest BCUT2D eigenvalue weighted by Crippen LogP contribution is 2.17. The van der Waals surface area contributed by atoms with Crippen molar-refractivity contribution in [1.82, 2.24) is 5.32 Å². The normalized spacial score (nSPS) is 13.7. The first-order chi connectivity index (χ1) is 10.1. The van der Waals surface area contributed by atoms with Gasteiger partial charge in [0.05, 0.1) is 0 Å². The van der Waals surface area contributed by atoms with Crippen molar-refractivity contribution in [2.45, 2.75) is 19.1 Å². The predicted octanol–water partition coefficient (Wildman–Crippen LogP) is 3.43. The molecule has 0 spiro atoms. The fraction of sp³-hybridized carbons (Fsp3) is 0.294. The van der Waals surface area contributed by atoms with Crippen LogP contribution in [-0.2, 0) is 0 Å². The van der Waals surface area contributed by atoms with E-state index < -0.39 is 6.10 Å². The Morgan fingerprint density at radius 1 is 1.14 bits per heavy atom. The first kappa shape index (κ1) is 15.8. The molecule has 2 aromatic rings. The van der Waals surface area contributed by atoms with Gasteiger partial charge < -0.3 is 15.2 Å². The fourth-order valence-corrected chi connectivity index (χ4v) is 2.17. The monoisotopic (exact) mass is 305 g/mol. The van der Waals surface area contributed by atoms with Gasteiger partial charge in [-0.25, -0.2) is 0 Å². The van der Waals surface area contributed by atoms with Crippen molar-refractivity contribution >= 4 is 11.6 Å². The lowest BCUT2D eigenvalue weighted by molar-refractivity contribution is 0.104. The summed E-state index contributed by atoms with van der Waals surface area (Å²) in [6.45, 7) is 2.76. The van der Waals surface area contributed by atoms with Crippen LogP contribution in [0.5, 0.6) is 5.75 Å². The van der Waals surface area contributed by atoms with Crippen LogP contribution < -0.4 is 10.1 Å². The highest BCUT2D eigenvalue weighted by Gasteiger charge is 2.09. The number of hydrogen-bond acceptors (Lipinski definition) is 3. The minimum absolute atomic E-state index is 0.120. The topological polar surface area (TPSA) is 41.5 Å². The standard InChI is InChI=1S/C17H20ClNO2/c1-13(14-6-5-7-15(18)10-14)19-11-16(20)12-21-17-8-3-2-4-9-17/h2-10,13,16,19-20H,11-12H2,1H3. The van der Waals surface area contributed by atoms with Crippen LogP contribution in [-0.4, -0.2) is 24.4 Å². The average molecular weight is 306 g/mol. The molecule has 2 aromatic carbocycles. The van der Waals surface area contributed by atoms with Crippen LogP contribution >= 0.6 is 11.6 Å². The van der Waals surface area contributed by atoms with E-state index in [2.05, 4.69) is 5.32 Å². The molecule has 0 bridgehead atoms. The van der Waals surface area contributed by atoms with Crippen LogP contribution in [0.15, 0.2) is 54.6 Å². The molecular formula is C17H20ClNO2. The minimum Gasteiger partial charge on any atom is -0.491 e. The van der Waals surface area contributed by atoms with Gasteiger partial charge in [0, 0.05) is 17.6 Å². The summed E-state index contributed by atoms with van der Waals surface area (Å²) in [5, 5.41) is 13.9. The molecule has 0 aliphatic rings. The van der Waals surface area contributed by atoms with Gasteiger partial charge in [-0.15, -0.1) is 0 Å². The van der Waals surface area contributed by atoms with E-state index in [1.54, 1.807) is 0 Å². The van der Waals surface area contributed by atoms with E-state index in [-0.39, 0.29) is 12.6 Å². The van der Waals surface area contributed by atoms with Crippen molar-refractivity contribution in [3.8, 4) is 5.75 Å². The summed E-state index contributed by atoms with van der Waals surface area (Å²) in [6.07, 6.45) is -0.563. The van der Waals surface area contributed by atoms with Crippen LogP contribution in [0.25, 0.3) is 0 Å². The van der Waals surface area contributed by atoms with Crippen molar-refractivity contribution in [2.75, 3.05) is 13.2 Å². The Kier molecular flexibility index (Phi) is 6.05. The highest BCUT2D eigenvalue weighted by molar-refractivity contribution is 6.30. The maximum atomic E-state index is 9.95. The molecule has 21 heavy (non-hydrogen) atoms. The summed E-state index contributed by atoms with van der Waals surface area (Å²) in [5.74, 6) is 0.763. The lowest BCUT2D eigenvalue weighted by atomic mass is 10.1. The van der Waals surface area contributed by atoms with Crippen molar-refractivity contribution in [3.63, 3.8) is 0 Å². The SMILES string of the molecule is CC(NCC(O)COc1ccccc1)c1cccc(Cl)c1. The van der Waals surface area contributed by atoms with E-state index in [0.29, 0.717) is 11.6 Å². The molecule has 2 unspecified atom stereocenters. The Bertz CT molecular complexity index is 547.